The molecule has 8 heteroatoms. The topological polar surface area (TPSA) is 98.4 Å². The molecular weight excluding hydrogens is 286 g/mol. The molecule has 0 aromatic carbocycles. The maximum atomic E-state index is 12.4. The van der Waals surface area contributed by atoms with E-state index in [2.05, 4.69) is 15.3 Å². The van der Waals surface area contributed by atoms with Gasteiger partial charge < -0.3 is 15.2 Å². The van der Waals surface area contributed by atoms with E-state index in [0.29, 0.717) is 32.5 Å². The molecular formula is C14H19N5O3. The number of nitrogens with one attached hydrogen (secondary N) is 2. The molecule has 1 saturated heterocycles. The maximum absolute atomic E-state index is 12.4. The number of hydrogen-bond acceptors (Lipinski definition) is 4. The van der Waals surface area contributed by atoms with Crippen molar-refractivity contribution in [3.63, 3.8) is 0 Å². The molecule has 0 radical (unpaired) electrons. The van der Waals surface area contributed by atoms with Crippen molar-refractivity contribution in [2.24, 2.45) is 0 Å². The van der Waals surface area contributed by atoms with E-state index in [1.165, 1.54) is 4.90 Å². The van der Waals surface area contributed by atoms with Gasteiger partial charge in [-0.3, -0.25) is 14.5 Å². The van der Waals surface area contributed by atoms with Gasteiger partial charge in [0.15, 0.2) is 0 Å². The smallest absolute Gasteiger partial charge is 0.324 e. The van der Waals surface area contributed by atoms with Crippen LogP contribution in [0.2, 0.25) is 0 Å². The highest BCUT2D eigenvalue weighted by Crippen LogP contribution is 2.17. The summed E-state index contributed by atoms with van der Waals surface area (Å²) in [5, 5.41) is 2.59. The Morgan fingerprint density at radius 3 is 3.05 bits per heavy atom. The molecule has 0 saturated carbocycles. The van der Waals surface area contributed by atoms with Gasteiger partial charge in [-0.05, 0) is 6.42 Å². The molecule has 1 aromatic heterocycles. The number of rotatable bonds is 4. The zero-order valence-electron chi connectivity index (χ0n) is 12.5. The molecule has 118 valence electrons. The van der Waals surface area contributed by atoms with E-state index < -0.39 is 12.1 Å². The molecule has 1 aromatic rings. The van der Waals surface area contributed by atoms with Crippen LogP contribution in [0.15, 0.2) is 6.33 Å². The Morgan fingerprint density at radius 1 is 1.45 bits per heavy atom. The summed E-state index contributed by atoms with van der Waals surface area (Å²) in [6.07, 6.45) is 3.04. The van der Waals surface area contributed by atoms with E-state index in [4.69, 9.17) is 0 Å². The summed E-state index contributed by atoms with van der Waals surface area (Å²) in [7, 11) is 0. The first-order valence-corrected chi connectivity index (χ1v) is 7.51. The minimum Gasteiger partial charge on any atom is -0.347 e. The largest absolute Gasteiger partial charge is 0.347 e. The third-order valence-electron chi connectivity index (χ3n) is 4.06. The summed E-state index contributed by atoms with van der Waals surface area (Å²) in [6.45, 7) is 3.34. The number of aromatic amines is 1. The maximum Gasteiger partial charge on any atom is 0.324 e. The van der Waals surface area contributed by atoms with Gasteiger partial charge in [0.05, 0.1) is 30.7 Å². The summed E-state index contributed by atoms with van der Waals surface area (Å²) < 4.78 is 0. The Hall–Kier alpha value is -2.38. The molecule has 1 atom stereocenters. The molecule has 8 nitrogen and oxygen atoms in total. The van der Waals surface area contributed by atoms with Crippen LogP contribution in [0, 0.1) is 0 Å². The second kappa shape index (κ2) is 5.78. The summed E-state index contributed by atoms with van der Waals surface area (Å²) >= 11 is 0. The fraction of sp³-hybridized carbons (Fsp3) is 0.571. The number of nitrogens with zero attached hydrogens (tertiary/aromatic N) is 3. The average Bonchev–Trinajstić information content (AvgIpc) is 3.07. The normalized spacial score (nSPS) is 21.0. The third-order valence-corrected chi connectivity index (χ3v) is 4.06. The predicted molar refractivity (Wildman–Crippen MR) is 76.6 cm³/mol. The highest BCUT2D eigenvalue weighted by atomic mass is 16.2. The summed E-state index contributed by atoms with van der Waals surface area (Å²) in [5.74, 6) is -0.434. The number of imidazole rings is 1. The fourth-order valence-electron chi connectivity index (χ4n) is 2.88. The number of aromatic nitrogens is 2. The summed E-state index contributed by atoms with van der Waals surface area (Å²) in [6, 6.07) is -1.14. The Morgan fingerprint density at radius 2 is 2.27 bits per heavy atom. The van der Waals surface area contributed by atoms with Crippen molar-refractivity contribution in [3.05, 3.63) is 17.7 Å². The SMILES string of the molecule is CCCN1C(=O)N[C@H](CC(=O)N2CCc3nc[nH]c3C2)C1=O. The number of carbonyl (C=O) groups is 3. The minimum atomic E-state index is -0.741. The van der Waals surface area contributed by atoms with Gasteiger partial charge in [-0.1, -0.05) is 6.92 Å². The van der Waals surface area contributed by atoms with Crippen LogP contribution in [0.1, 0.15) is 31.2 Å². The number of imide groups is 1. The van der Waals surface area contributed by atoms with Crippen LogP contribution in [0.25, 0.3) is 0 Å². The number of hydrogen-bond donors (Lipinski definition) is 2. The third kappa shape index (κ3) is 2.56. The van der Waals surface area contributed by atoms with Gasteiger partial charge in [0.2, 0.25) is 5.91 Å². The summed E-state index contributed by atoms with van der Waals surface area (Å²) in [5.41, 5.74) is 1.93. The zero-order chi connectivity index (χ0) is 15.7. The first-order chi connectivity index (χ1) is 10.6. The molecule has 0 spiro atoms. The van der Waals surface area contributed by atoms with Gasteiger partial charge in [-0.2, -0.15) is 0 Å². The number of carbonyl (C=O) groups excluding carboxylic acids is 3. The van der Waals surface area contributed by atoms with Crippen LogP contribution in [0.5, 0.6) is 0 Å². The van der Waals surface area contributed by atoms with E-state index in [1.807, 2.05) is 6.92 Å². The van der Waals surface area contributed by atoms with Gasteiger partial charge >= 0.3 is 6.03 Å². The van der Waals surface area contributed by atoms with Crippen molar-refractivity contribution in [3.8, 4) is 0 Å². The molecule has 2 N–H and O–H groups in total. The highest BCUT2D eigenvalue weighted by molar-refractivity contribution is 6.05. The fourth-order valence-corrected chi connectivity index (χ4v) is 2.88. The molecule has 4 amide bonds. The Kier molecular flexibility index (Phi) is 3.82. The highest BCUT2D eigenvalue weighted by Gasteiger charge is 2.39. The lowest BCUT2D eigenvalue weighted by molar-refractivity contribution is -0.136. The minimum absolute atomic E-state index is 0.00819. The van der Waals surface area contributed by atoms with Crippen molar-refractivity contribution in [1.82, 2.24) is 25.1 Å². The molecule has 3 heterocycles. The Labute approximate surface area is 127 Å². The van der Waals surface area contributed by atoms with Gasteiger partial charge in [0.1, 0.15) is 6.04 Å². The molecule has 1 fully saturated rings. The van der Waals surface area contributed by atoms with Crippen molar-refractivity contribution in [2.75, 3.05) is 13.1 Å². The lowest BCUT2D eigenvalue weighted by Crippen LogP contribution is -2.41. The van der Waals surface area contributed by atoms with Crippen molar-refractivity contribution in [2.45, 2.75) is 38.8 Å². The van der Waals surface area contributed by atoms with E-state index in [-0.39, 0.29) is 18.2 Å². The van der Waals surface area contributed by atoms with Gasteiger partial charge in [0, 0.05) is 19.5 Å². The molecule has 2 aliphatic heterocycles. The molecule has 22 heavy (non-hydrogen) atoms. The molecule has 0 bridgehead atoms. The van der Waals surface area contributed by atoms with Crippen LogP contribution in [-0.4, -0.2) is 56.7 Å². The average molecular weight is 305 g/mol. The standard InChI is InChI=1S/C14H19N5O3/c1-2-4-19-13(21)10(17-14(19)22)6-12(20)18-5-3-9-11(7-18)16-8-15-9/h8,10H,2-7H2,1H3,(H,15,16)(H,17,22)/t10-/m1/s1. The first kappa shape index (κ1) is 14.6. The van der Waals surface area contributed by atoms with Gasteiger partial charge in [-0.15, -0.1) is 0 Å². The lowest BCUT2D eigenvalue weighted by atomic mass is 10.1. The second-order valence-electron chi connectivity index (χ2n) is 5.59. The van der Waals surface area contributed by atoms with E-state index in [0.717, 1.165) is 11.4 Å². The molecule has 0 unspecified atom stereocenters. The monoisotopic (exact) mass is 305 g/mol. The van der Waals surface area contributed by atoms with E-state index >= 15 is 0 Å². The number of H-pyrrole nitrogens is 1. The van der Waals surface area contributed by atoms with Crippen LogP contribution >= 0.6 is 0 Å². The zero-order valence-corrected chi connectivity index (χ0v) is 12.5. The second-order valence-corrected chi connectivity index (χ2v) is 5.59. The Bertz CT molecular complexity index is 611. The van der Waals surface area contributed by atoms with Crippen LogP contribution in [-0.2, 0) is 22.6 Å². The van der Waals surface area contributed by atoms with E-state index in [9.17, 15) is 14.4 Å². The molecule has 0 aliphatic carbocycles. The van der Waals surface area contributed by atoms with Crippen LogP contribution in [0.3, 0.4) is 0 Å². The van der Waals surface area contributed by atoms with Crippen molar-refractivity contribution >= 4 is 17.8 Å². The predicted octanol–water partition coefficient (Wildman–Crippen LogP) is 0.0149. The quantitative estimate of drug-likeness (QED) is 0.766. The van der Waals surface area contributed by atoms with Crippen LogP contribution < -0.4 is 5.32 Å². The van der Waals surface area contributed by atoms with E-state index in [1.54, 1.807) is 11.2 Å². The van der Waals surface area contributed by atoms with Gasteiger partial charge in [0.25, 0.3) is 5.91 Å². The molecule has 2 aliphatic rings. The van der Waals surface area contributed by atoms with Crippen molar-refractivity contribution < 1.29 is 14.4 Å². The summed E-state index contributed by atoms with van der Waals surface area (Å²) in [4.78, 5) is 46.3. The number of amides is 4. The molecule has 3 rings (SSSR count). The van der Waals surface area contributed by atoms with Crippen LogP contribution in [0.4, 0.5) is 4.79 Å². The number of urea groups is 1. The van der Waals surface area contributed by atoms with Gasteiger partial charge in [-0.25, -0.2) is 9.78 Å². The Balaban J connectivity index is 1.61. The number of fused-ring (bicyclic) bond motifs is 1. The lowest BCUT2D eigenvalue weighted by Gasteiger charge is -2.27. The van der Waals surface area contributed by atoms with Crippen molar-refractivity contribution in [1.29, 1.82) is 0 Å². The first-order valence-electron chi connectivity index (χ1n) is 7.51.